The molecule has 3 aromatic rings. The van der Waals surface area contributed by atoms with Crippen molar-refractivity contribution in [3.05, 3.63) is 42.7 Å². The van der Waals surface area contributed by atoms with Crippen LogP contribution in [0.5, 0.6) is 5.75 Å². The third-order valence-corrected chi connectivity index (χ3v) is 2.36. The Kier molecular flexibility index (Phi) is 2.26. The number of halogens is 1. The van der Waals surface area contributed by atoms with Gasteiger partial charge in [-0.3, -0.25) is 0 Å². The molecule has 0 unspecified atom stereocenters. The summed E-state index contributed by atoms with van der Waals surface area (Å²) in [5.74, 6) is -0.840. The molecule has 0 amide bonds. The predicted octanol–water partition coefficient (Wildman–Crippen LogP) is 0.693. The molecule has 2 aromatic heterocycles. The van der Waals surface area contributed by atoms with Gasteiger partial charge < -0.3 is 5.11 Å². The van der Waals surface area contributed by atoms with Gasteiger partial charge in [0.05, 0.1) is 30.5 Å². The Hall–Kier alpha value is -2.77. The fourth-order valence-electron chi connectivity index (χ4n) is 1.64. The van der Waals surface area contributed by atoms with E-state index in [2.05, 4.69) is 20.6 Å². The molecule has 90 valence electrons. The van der Waals surface area contributed by atoms with Crippen LogP contribution < -0.4 is 0 Å². The van der Waals surface area contributed by atoms with Crippen molar-refractivity contribution < 1.29 is 9.50 Å². The van der Waals surface area contributed by atoms with Gasteiger partial charge in [0.2, 0.25) is 0 Å². The van der Waals surface area contributed by atoms with Crippen molar-refractivity contribution in [1.29, 1.82) is 0 Å². The predicted molar refractivity (Wildman–Crippen MR) is 57.9 cm³/mol. The van der Waals surface area contributed by atoms with E-state index in [1.165, 1.54) is 40.2 Å². The van der Waals surface area contributed by atoms with E-state index in [9.17, 15) is 9.50 Å². The highest BCUT2D eigenvalue weighted by Gasteiger charge is 2.15. The standard InChI is InChI=1S/C10H7FN6O/c11-7-5-8(16-3-1-12-14-16)10(9(18)6-7)17-4-2-13-15-17/h1-6,18H. The lowest BCUT2D eigenvalue weighted by Gasteiger charge is -2.10. The Bertz CT molecular complexity index is 664. The quantitative estimate of drug-likeness (QED) is 0.719. The maximum atomic E-state index is 13.4. The minimum atomic E-state index is -0.582. The maximum absolute atomic E-state index is 13.4. The average Bonchev–Trinajstić information content (AvgIpc) is 3.01. The molecular formula is C10H7FN6O. The molecule has 0 fully saturated rings. The van der Waals surface area contributed by atoms with Gasteiger partial charge in [-0.1, -0.05) is 10.4 Å². The molecule has 7 nitrogen and oxygen atoms in total. The van der Waals surface area contributed by atoms with Gasteiger partial charge in [0.25, 0.3) is 0 Å². The third kappa shape index (κ3) is 1.59. The molecule has 1 aromatic carbocycles. The summed E-state index contributed by atoms with van der Waals surface area (Å²) in [5.41, 5.74) is 0.593. The van der Waals surface area contributed by atoms with Crippen LogP contribution >= 0.6 is 0 Å². The Morgan fingerprint density at radius 2 is 1.67 bits per heavy atom. The number of nitrogens with zero attached hydrogens (tertiary/aromatic N) is 6. The van der Waals surface area contributed by atoms with E-state index in [1.54, 1.807) is 0 Å². The van der Waals surface area contributed by atoms with Gasteiger partial charge in [-0.25, -0.2) is 13.8 Å². The zero-order valence-electron chi connectivity index (χ0n) is 8.97. The Morgan fingerprint density at radius 3 is 2.28 bits per heavy atom. The second-order valence-electron chi connectivity index (χ2n) is 3.49. The van der Waals surface area contributed by atoms with Crippen molar-refractivity contribution >= 4 is 0 Å². The van der Waals surface area contributed by atoms with Crippen LogP contribution in [0.4, 0.5) is 4.39 Å². The topological polar surface area (TPSA) is 81.6 Å². The van der Waals surface area contributed by atoms with E-state index in [-0.39, 0.29) is 11.4 Å². The first-order valence-electron chi connectivity index (χ1n) is 5.01. The fraction of sp³-hybridized carbons (Fsp3) is 0. The van der Waals surface area contributed by atoms with E-state index < -0.39 is 5.82 Å². The van der Waals surface area contributed by atoms with Crippen LogP contribution in [0.1, 0.15) is 0 Å². The zero-order chi connectivity index (χ0) is 12.5. The van der Waals surface area contributed by atoms with Crippen molar-refractivity contribution in [3.63, 3.8) is 0 Å². The molecule has 0 bridgehead atoms. The summed E-state index contributed by atoms with van der Waals surface area (Å²) in [7, 11) is 0. The highest BCUT2D eigenvalue weighted by atomic mass is 19.1. The molecule has 0 radical (unpaired) electrons. The first-order chi connectivity index (χ1) is 8.75. The van der Waals surface area contributed by atoms with Crippen LogP contribution in [-0.2, 0) is 0 Å². The fourth-order valence-corrected chi connectivity index (χ4v) is 1.64. The summed E-state index contributed by atoms with van der Waals surface area (Å²) in [4.78, 5) is 0. The van der Waals surface area contributed by atoms with E-state index in [1.807, 2.05) is 0 Å². The van der Waals surface area contributed by atoms with Crippen molar-refractivity contribution in [1.82, 2.24) is 30.0 Å². The molecule has 0 saturated carbocycles. The summed E-state index contributed by atoms with van der Waals surface area (Å²) in [6.45, 7) is 0. The number of benzene rings is 1. The SMILES string of the molecule is Oc1cc(F)cc(-n2ccnn2)c1-n1ccnn1. The molecule has 2 heterocycles. The van der Waals surface area contributed by atoms with Gasteiger partial charge >= 0.3 is 0 Å². The molecule has 0 aliphatic heterocycles. The van der Waals surface area contributed by atoms with Crippen LogP contribution in [0.15, 0.2) is 36.9 Å². The largest absolute Gasteiger partial charge is 0.505 e. The number of rotatable bonds is 2. The Labute approximate surface area is 100 Å². The molecule has 0 saturated heterocycles. The molecule has 8 heteroatoms. The summed E-state index contributed by atoms with van der Waals surface area (Å²) in [6, 6.07) is 2.23. The number of phenols is 1. The molecule has 1 N–H and O–H groups in total. The van der Waals surface area contributed by atoms with E-state index in [4.69, 9.17) is 0 Å². The monoisotopic (exact) mass is 246 g/mol. The minimum Gasteiger partial charge on any atom is -0.505 e. The molecule has 0 atom stereocenters. The third-order valence-electron chi connectivity index (χ3n) is 2.36. The van der Waals surface area contributed by atoms with Crippen molar-refractivity contribution in [3.8, 4) is 17.1 Å². The van der Waals surface area contributed by atoms with Crippen LogP contribution in [-0.4, -0.2) is 35.1 Å². The first-order valence-corrected chi connectivity index (χ1v) is 5.01. The van der Waals surface area contributed by atoms with Gasteiger partial charge in [0.1, 0.15) is 17.3 Å². The van der Waals surface area contributed by atoms with Gasteiger partial charge in [-0.05, 0) is 0 Å². The normalized spacial score (nSPS) is 10.7. The van der Waals surface area contributed by atoms with Crippen molar-refractivity contribution in [2.45, 2.75) is 0 Å². The van der Waals surface area contributed by atoms with Crippen LogP contribution in [0, 0.1) is 5.82 Å². The molecule has 0 aliphatic rings. The van der Waals surface area contributed by atoms with E-state index in [0.717, 1.165) is 6.07 Å². The van der Waals surface area contributed by atoms with Crippen molar-refractivity contribution in [2.75, 3.05) is 0 Å². The Morgan fingerprint density at radius 1 is 1.00 bits per heavy atom. The van der Waals surface area contributed by atoms with E-state index in [0.29, 0.717) is 5.69 Å². The Balaban J connectivity index is 2.30. The van der Waals surface area contributed by atoms with E-state index >= 15 is 0 Å². The lowest BCUT2D eigenvalue weighted by molar-refractivity contribution is 0.462. The summed E-state index contributed by atoms with van der Waals surface area (Å²) < 4.78 is 16.0. The van der Waals surface area contributed by atoms with Crippen LogP contribution in [0.2, 0.25) is 0 Å². The number of hydrogen-bond acceptors (Lipinski definition) is 5. The lowest BCUT2D eigenvalue weighted by atomic mass is 10.2. The smallest absolute Gasteiger partial charge is 0.146 e. The summed E-state index contributed by atoms with van der Waals surface area (Å²) in [5, 5.41) is 24.7. The number of hydrogen-bond donors (Lipinski definition) is 1. The maximum Gasteiger partial charge on any atom is 0.146 e. The van der Waals surface area contributed by atoms with Crippen LogP contribution in [0.3, 0.4) is 0 Å². The molecule has 0 aliphatic carbocycles. The molecule has 3 rings (SSSR count). The minimum absolute atomic E-state index is 0.258. The summed E-state index contributed by atoms with van der Waals surface area (Å²) in [6.07, 6.45) is 5.98. The highest BCUT2D eigenvalue weighted by Crippen LogP contribution is 2.28. The molecule has 18 heavy (non-hydrogen) atoms. The van der Waals surface area contributed by atoms with Gasteiger partial charge in [-0.15, -0.1) is 10.2 Å². The van der Waals surface area contributed by atoms with Gasteiger partial charge in [-0.2, -0.15) is 0 Å². The lowest BCUT2D eigenvalue weighted by Crippen LogP contribution is -2.06. The summed E-state index contributed by atoms with van der Waals surface area (Å²) >= 11 is 0. The van der Waals surface area contributed by atoms with Gasteiger partial charge in [0, 0.05) is 12.1 Å². The van der Waals surface area contributed by atoms with Crippen LogP contribution in [0.25, 0.3) is 11.4 Å². The highest BCUT2D eigenvalue weighted by molar-refractivity contribution is 5.59. The number of aromatic hydroxyl groups is 1. The molecular weight excluding hydrogens is 239 g/mol. The number of phenolic OH excluding ortho intramolecular Hbond substituents is 1. The first kappa shape index (κ1) is 10.4. The zero-order valence-corrected chi connectivity index (χ0v) is 8.97. The number of aromatic nitrogens is 6. The van der Waals surface area contributed by atoms with Gasteiger partial charge in [0.15, 0.2) is 0 Å². The second-order valence-corrected chi connectivity index (χ2v) is 3.49. The molecule has 0 spiro atoms. The van der Waals surface area contributed by atoms with Crippen molar-refractivity contribution in [2.24, 2.45) is 0 Å². The second kappa shape index (κ2) is 3.91. The average molecular weight is 246 g/mol.